The second kappa shape index (κ2) is 11.4. The van der Waals surface area contributed by atoms with E-state index in [-0.39, 0.29) is 6.03 Å². The number of hydrogen-bond donors (Lipinski definition) is 2. The third-order valence-electron chi connectivity index (χ3n) is 5.11. The van der Waals surface area contributed by atoms with E-state index in [1.165, 1.54) is 0 Å². The molecule has 0 aromatic heterocycles. The van der Waals surface area contributed by atoms with Gasteiger partial charge in [0.15, 0.2) is 6.10 Å². The van der Waals surface area contributed by atoms with Gasteiger partial charge >= 0.3 is 12.0 Å². The van der Waals surface area contributed by atoms with Crippen LogP contribution in [0.4, 0.5) is 10.5 Å². The van der Waals surface area contributed by atoms with Crippen molar-refractivity contribution in [2.75, 3.05) is 31.6 Å². The van der Waals surface area contributed by atoms with Crippen LogP contribution in [0.5, 0.6) is 5.75 Å². The summed E-state index contributed by atoms with van der Waals surface area (Å²) >= 11 is 0. The molecule has 0 aliphatic heterocycles. The van der Waals surface area contributed by atoms with E-state index in [1.54, 1.807) is 11.8 Å². The summed E-state index contributed by atoms with van der Waals surface area (Å²) in [4.78, 5) is 25.7. The highest BCUT2D eigenvalue weighted by Crippen LogP contribution is 2.30. The fourth-order valence-electron chi connectivity index (χ4n) is 3.24. The van der Waals surface area contributed by atoms with Gasteiger partial charge in [-0.05, 0) is 55.5 Å². The van der Waals surface area contributed by atoms with Gasteiger partial charge in [0.1, 0.15) is 12.4 Å². The molecule has 2 aromatic rings. The molecule has 3 rings (SSSR count). The van der Waals surface area contributed by atoms with Crippen LogP contribution in [0.3, 0.4) is 0 Å². The minimum atomic E-state index is -0.966. The highest BCUT2D eigenvalue weighted by Gasteiger charge is 2.26. The van der Waals surface area contributed by atoms with E-state index in [1.807, 2.05) is 54.6 Å². The minimum Gasteiger partial charge on any atom is -0.492 e. The van der Waals surface area contributed by atoms with Crippen molar-refractivity contribution in [3.05, 3.63) is 60.2 Å². The third-order valence-corrected chi connectivity index (χ3v) is 5.11. The first-order valence-corrected chi connectivity index (χ1v) is 10.7. The Hall–Kier alpha value is -3.06. The molecule has 31 heavy (non-hydrogen) atoms. The van der Waals surface area contributed by atoms with Crippen molar-refractivity contribution in [1.82, 2.24) is 4.90 Å². The van der Waals surface area contributed by atoms with Crippen molar-refractivity contribution < 1.29 is 24.2 Å². The molecule has 1 saturated carbocycles. The van der Waals surface area contributed by atoms with Gasteiger partial charge in [0.2, 0.25) is 0 Å². The van der Waals surface area contributed by atoms with Gasteiger partial charge in [-0.1, -0.05) is 30.3 Å². The summed E-state index contributed by atoms with van der Waals surface area (Å²) in [6.45, 7) is 3.73. The summed E-state index contributed by atoms with van der Waals surface area (Å²) in [6.07, 6.45) is 1.78. The molecule has 0 radical (unpaired) electrons. The van der Waals surface area contributed by atoms with Crippen LogP contribution in [-0.4, -0.2) is 54.4 Å². The number of anilines is 1. The maximum atomic E-state index is 12.7. The maximum Gasteiger partial charge on any atom is 0.333 e. The van der Waals surface area contributed by atoms with Crippen molar-refractivity contribution in [2.45, 2.75) is 32.3 Å². The fraction of sp³-hybridized carbons (Fsp3) is 0.417. The van der Waals surface area contributed by atoms with Gasteiger partial charge in [0.25, 0.3) is 0 Å². The molecule has 0 spiro atoms. The van der Waals surface area contributed by atoms with Crippen molar-refractivity contribution in [1.29, 1.82) is 0 Å². The molecule has 1 unspecified atom stereocenters. The van der Waals surface area contributed by atoms with Gasteiger partial charge in [-0.15, -0.1) is 0 Å². The third kappa shape index (κ3) is 7.61. The Bertz CT molecular complexity index is 837. The summed E-state index contributed by atoms with van der Waals surface area (Å²) in [7, 11) is 0. The fourth-order valence-corrected chi connectivity index (χ4v) is 3.24. The molecule has 0 saturated heterocycles. The molecule has 1 aliphatic rings. The molecule has 2 N–H and O–H groups in total. The largest absolute Gasteiger partial charge is 0.492 e. The Balaban J connectivity index is 1.49. The van der Waals surface area contributed by atoms with E-state index in [0.717, 1.165) is 30.6 Å². The number of carbonyl (C=O) groups excluding carboxylic acids is 1. The van der Waals surface area contributed by atoms with Crippen LogP contribution >= 0.6 is 0 Å². The molecular weight excluding hydrogens is 396 g/mol. The summed E-state index contributed by atoms with van der Waals surface area (Å²) in [5, 5.41) is 12.1. The van der Waals surface area contributed by atoms with E-state index in [2.05, 4.69) is 5.32 Å². The van der Waals surface area contributed by atoms with Gasteiger partial charge in [0.05, 0.1) is 6.54 Å². The molecule has 7 nitrogen and oxygen atoms in total. The Morgan fingerprint density at radius 3 is 2.45 bits per heavy atom. The van der Waals surface area contributed by atoms with E-state index >= 15 is 0 Å². The van der Waals surface area contributed by atoms with Gasteiger partial charge in [-0.3, -0.25) is 0 Å². The van der Waals surface area contributed by atoms with Crippen molar-refractivity contribution in [3.8, 4) is 5.75 Å². The number of carbonyl (C=O) groups is 2. The number of nitrogens with one attached hydrogen (secondary N) is 1. The van der Waals surface area contributed by atoms with Crippen LogP contribution in [0.1, 0.15) is 25.3 Å². The first-order valence-electron chi connectivity index (χ1n) is 10.7. The molecule has 0 bridgehead atoms. The molecular formula is C24H30N2O5. The predicted octanol–water partition coefficient (Wildman–Crippen LogP) is 4.04. The van der Waals surface area contributed by atoms with Gasteiger partial charge in [-0.2, -0.15) is 0 Å². The zero-order valence-corrected chi connectivity index (χ0v) is 17.8. The predicted molar refractivity (Wildman–Crippen MR) is 118 cm³/mol. The Morgan fingerprint density at radius 1 is 1.13 bits per heavy atom. The number of nitrogens with zero attached hydrogens (tertiary/aromatic N) is 1. The summed E-state index contributed by atoms with van der Waals surface area (Å²) in [5.41, 5.74) is 1.64. The summed E-state index contributed by atoms with van der Waals surface area (Å²) < 4.78 is 11.1. The smallest absolute Gasteiger partial charge is 0.333 e. The van der Waals surface area contributed by atoms with Crippen LogP contribution in [0.15, 0.2) is 54.6 Å². The quantitative estimate of drug-likeness (QED) is 0.535. The van der Waals surface area contributed by atoms with E-state index < -0.39 is 12.1 Å². The summed E-state index contributed by atoms with van der Waals surface area (Å²) in [5.74, 6) is 0.293. The second-order valence-electron chi connectivity index (χ2n) is 7.66. The lowest BCUT2D eigenvalue weighted by atomic mass is 10.1. The number of para-hydroxylation sites is 1. The molecule has 2 aromatic carbocycles. The van der Waals surface area contributed by atoms with Crippen molar-refractivity contribution >= 4 is 17.7 Å². The van der Waals surface area contributed by atoms with Crippen LogP contribution < -0.4 is 10.1 Å². The number of aliphatic carboxylic acids is 1. The van der Waals surface area contributed by atoms with Crippen molar-refractivity contribution in [3.63, 3.8) is 0 Å². The van der Waals surface area contributed by atoms with E-state index in [9.17, 15) is 14.7 Å². The normalized spacial score (nSPS) is 14.0. The molecule has 166 valence electrons. The van der Waals surface area contributed by atoms with Crippen LogP contribution in [0.25, 0.3) is 0 Å². The first kappa shape index (κ1) is 22.6. The summed E-state index contributed by atoms with van der Waals surface area (Å²) in [6, 6.07) is 16.6. The number of carboxylic acids is 1. The van der Waals surface area contributed by atoms with Gasteiger partial charge in [-0.25, -0.2) is 9.59 Å². The lowest BCUT2D eigenvalue weighted by molar-refractivity contribution is -0.149. The Morgan fingerprint density at radius 2 is 1.84 bits per heavy atom. The molecule has 0 heterocycles. The topological polar surface area (TPSA) is 88.1 Å². The van der Waals surface area contributed by atoms with Crippen LogP contribution in [-0.2, 0) is 16.0 Å². The zero-order valence-electron chi connectivity index (χ0n) is 17.8. The minimum absolute atomic E-state index is 0.118. The molecule has 1 atom stereocenters. The standard InChI is InChI=1S/C24H30N2O5/c1-2-30-22(23(27)28)16-18-10-12-21(13-11-18)31-15-14-26(17-19-8-9-19)24(29)25-20-6-4-3-5-7-20/h3-7,10-13,19,22H,2,8-9,14-17H2,1H3,(H,25,29)(H,27,28). The molecule has 1 fully saturated rings. The lowest BCUT2D eigenvalue weighted by Gasteiger charge is -2.23. The highest BCUT2D eigenvalue weighted by atomic mass is 16.5. The molecule has 1 aliphatic carbocycles. The molecule has 2 amide bonds. The number of ether oxygens (including phenoxy) is 2. The average molecular weight is 427 g/mol. The lowest BCUT2D eigenvalue weighted by Crippen LogP contribution is -2.39. The Labute approximate surface area is 183 Å². The van der Waals surface area contributed by atoms with E-state index in [4.69, 9.17) is 9.47 Å². The number of amides is 2. The average Bonchev–Trinajstić information content (AvgIpc) is 3.58. The Kier molecular flexibility index (Phi) is 8.29. The SMILES string of the molecule is CCOC(Cc1ccc(OCCN(CC2CC2)C(=O)Nc2ccccc2)cc1)C(=O)O. The number of rotatable bonds is 12. The van der Waals surface area contributed by atoms with Crippen LogP contribution in [0.2, 0.25) is 0 Å². The van der Waals surface area contributed by atoms with E-state index in [0.29, 0.717) is 37.8 Å². The number of urea groups is 1. The van der Waals surface area contributed by atoms with Crippen molar-refractivity contribution in [2.24, 2.45) is 5.92 Å². The maximum absolute atomic E-state index is 12.7. The highest BCUT2D eigenvalue weighted by molar-refractivity contribution is 5.89. The monoisotopic (exact) mass is 426 g/mol. The zero-order chi connectivity index (χ0) is 22.1. The number of hydrogen-bond acceptors (Lipinski definition) is 4. The van der Waals surface area contributed by atoms with Crippen LogP contribution in [0, 0.1) is 5.92 Å². The number of benzene rings is 2. The molecule has 7 heteroatoms. The first-order chi connectivity index (χ1) is 15.0. The van der Waals surface area contributed by atoms with Gasteiger partial charge in [0, 0.05) is 25.3 Å². The second-order valence-corrected chi connectivity index (χ2v) is 7.66. The van der Waals surface area contributed by atoms with Gasteiger partial charge < -0.3 is 24.8 Å². The number of carboxylic acid groups (broad SMARTS) is 1.